The Labute approximate surface area is 158 Å². The zero-order valence-corrected chi connectivity index (χ0v) is 15.8. The normalized spacial score (nSPS) is 11.8. The molecule has 3 rings (SSSR count). The van der Waals surface area contributed by atoms with Crippen LogP contribution in [0.15, 0.2) is 60.1 Å². The fourth-order valence-corrected chi connectivity index (χ4v) is 3.46. The molecule has 1 aromatic carbocycles. The molecule has 3 aromatic rings. The number of allylic oxidation sites excluding steroid dienone is 2. The molecule has 0 saturated heterocycles. The molecule has 0 fully saturated rings. The van der Waals surface area contributed by atoms with E-state index < -0.39 is 0 Å². The average molecular weight is 369 g/mol. The minimum absolute atomic E-state index is 0.710. The largest absolute Gasteiger partial charge is 0.320 e. The lowest BCUT2D eigenvalue weighted by Crippen LogP contribution is -2.05. The molecule has 0 N–H and O–H groups in total. The minimum Gasteiger partial charge on any atom is -0.320 e. The van der Waals surface area contributed by atoms with Crippen LogP contribution in [-0.4, -0.2) is 9.55 Å². The second-order valence-corrected chi connectivity index (χ2v) is 7.15. The number of thiophene rings is 1. The zero-order chi connectivity index (χ0) is 17.5. The quantitative estimate of drug-likeness (QED) is 0.476. The Morgan fingerprint density at radius 3 is 2.76 bits per heavy atom. The molecule has 0 amide bonds. The molecule has 0 unspecified atom stereocenters. The van der Waals surface area contributed by atoms with Crippen LogP contribution in [0.1, 0.15) is 35.3 Å². The summed E-state index contributed by atoms with van der Waals surface area (Å²) in [4.78, 5) is 5.94. The van der Waals surface area contributed by atoms with Crippen LogP contribution in [0.4, 0.5) is 0 Å². The van der Waals surface area contributed by atoms with Gasteiger partial charge in [-0.3, -0.25) is 0 Å². The summed E-state index contributed by atoms with van der Waals surface area (Å²) in [5.74, 6) is 0.956. The van der Waals surface area contributed by atoms with Gasteiger partial charge < -0.3 is 4.57 Å². The van der Waals surface area contributed by atoms with Gasteiger partial charge in [0.05, 0.1) is 18.4 Å². The first kappa shape index (κ1) is 17.7. The van der Waals surface area contributed by atoms with Crippen LogP contribution in [0.3, 0.4) is 0 Å². The van der Waals surface area contributed by atoms with Crippen LogP contribution in [-0.2, 0) is 13.0 Å². The van der Waals surface area contributed by atoms with Crippen molar-refractivity contribution < 1.29 is 0 Å². The van der Waals surface area contributed by atoms with E-state index in [2.05, 4.69) is 64.4 Å². The average Bonchev–Trinajstić information content (AvgIpc) is 3.26. The molecule has 2 aromatic heterocycles. The van der Waals surface area contributed by atoms with E-state index in [1.165, 1.54) is 4.88 Å². The molecule has 2 nitrogen and oxygen atoms in total. The fraction of sp³-hybridized carbons (Fsp3) is 0.190. The van der Waals surface area contributed by atoms with Crippen molar-refractivity contribution in [2.45, 2.75) is 26.3 Å². The molecule has 0 saturated carbocycles. The Morgan fingerprint density at radius 2 is 2.00 bits per heavy atom. The Balaban J connectivity index is 1.87. The molecule has 2 heterocycles. The number of nitrogens with zero attached hydrogens (tertiary/aromatic N) is 2. The molecule has 0 aliphatic carbocycles. The maximum absolute atomic E-state index is 6.35. The zero-order valence-electron chi connectivity index (χ0n) is 14.2. The van der Waals surface area contributed by atoms with E-state index in [1.807, 2.05) is 24.4 Å². The highest BCUT2D eigenvalue weighted by atomic mass is 35.5. The number of rotatable bonds is 7. The van der Waals surface area contributed by atoms with Gasteiger partial charge in [0.25, 0.3) is 0 Å². The predicted octanol–water partition coefficient (Wildman–Crippen LogP) is 6.33. The van der Waals surface area contributed by atoms with Crippen LogP contribution in [0.25, 0.3) is 12.2 Å². The molecule has 0 atom stereocenters. The second-order valence-electron chi connectivity index (χ2n) is 5.72. The SMILES string of the molecule is CCC=Cc1ncc(/C=C/Cc2cccs2)n1Cc1ccccc1Cl. The van der Waals surface area contributed by atoms with Gasteiger partial charge in [0.15, 0.2) is 0 Å². The summed E-state index contributed by atoms with van der Waals surface area (Å²) in [6.07, 6.45) is 12.4. The van der Waals surface area contributed by atoms with Crippen molar-refractivity contribution in [3.63, 3.8) is 0 Å². The molecule has 0 radical (unpaired) electrons. The third kappa shape index (κ3) is 4.71. The number of hydrogen-bond acceptors (Lipinski definition) is 2. The van der Waals surface area contributed by atoms with E-state index in [1.54, 1.807) is 11.3 Å². The lowest BCUT2D eigenvalue weighted by molar-refractivity contribution is 0.779. The lowest BCUT2D eigenvalue weighted by atomic mass is 10.2. The minimum atomic E-state index is 0.710. The van der Waals surface area contributed by atoms with Crippen LogP contribution in [0.2, 0.25) is 5.02 Å². The molecule has 0 aliphatic heterocycles. The van der Waals surface area contributed by atoms with Crippen LogP contribution in [0, 0.1) is 0 Å². The van der Waals surface area contributed by atoms with Gasteiger partial charge in [-0.2, -0.15) is 0 Å². The van der Waals surface area contributed by atoms with Crippen molar-refractivity contribution in [1.82, 2.24) is 9.55 Å². The third-order valence-corrected chi connectivity index (χ3v) is 5.16. The molecule has 0 aliphatic rings. The molecule has 0 spiro atoms. The highest BCUT2D eigenvalue weighted by Crippen LogP contribution is 2.20. The van der Waals surface area contributed by atoms with E-state index in [0.29, 0.717) is 6.54 Å². The number of imidazole rings is 1. The van der Waals surface area contributed by atoms with E-state index in [0.717, 1.165) is 34.9 Å². The third-order valence-electron chi connectivity index (χ3n) is 3.89. The summed E-state index contributed by atoms with van der Waals surface area (Å²) in [5.41, 5.74) is 2.19. The highest BCUT2D eigenvalue weighted by Gasteiger charge is 2.08. The summed E-state index contributed by atoms with van der Waals surface area (Å²) >= 11 is 8.13. The van der Waals surface area contributed by atoms with Gasteiger partial charge in [0, 0.05) is 16.3 Å². The lowest BCUT2D eigenvalue weighted by Gasteiger charge is -2.10. The summed E-state index contributed by atoms with van der Waals surface area (Å²) in [7, 11) is 0. The van der Waals surface area contributed by atoms with Gasteiger partial charge in [-0.15, -0.1) is 11.3 Å². The van der Waals surface area contributed by atoms with Crippen molar-refractivity contribution in [3.8, 4) is 0 Å². The Morgan fingerprint density at radius 1 is 1.12 bits per heavy atom. The first-order chi connectivity index (χ1) is 12.3. The molecule has 25 heavy (non-hydrogen) atoms. The number of benzene rings is 1. The first-order valence-electron chi connectivity index (χ1n) is 8.42. The summed E-state index contributed by atoms with van der Waals surface area (Å²) < 4.78 is 2.21. The van der Waals surface area contributed by atoms with Gasteiger partial charge in [0.1, 0.15) is 5.82 Å². The van der Waals surface area contributed by atoms with E-state index in [-0.39, 0.29) is 0 Å². The maximum atomic E-state index is 6.35. The molecular weight excluding hydrogens is 348 g/mol. The van der Waals surface area contributed by atoms with Crippen molar-refractivity contribution in [2.24, 2.45) is 0 Å². The monoisotopic (exact) mass is 368 g/mol. The first-order valence-corrected chi connectivity index (χ1v) is 9.68. The van der Waals surface area contributed by atoms with Crippen molar-refractivity contribution in [1.29, 1.82) is 0 Å². The van der Waals surface area contributed by atoms with E-state index in [9.17, 15) is 0 Å². The smallest absolute Gasteiger partial charge is 0.133 e. The Bertz CT molecular complexity index is 860. The summed E-state index contributed by atoms with van der Waals surface area (Å²) in [5, 5.41) is 2.90. The summed E-state index contributed by atoms with van der Waals surface area (Å²) in [6.45, 7) is 2.83. The molecular formula is C21H21ClN2S. The van der Waals surface area contributed by atoms with Crippen molar-refractivity contribution in [2.75, 3.05) is 0 Å². The van der Waals surface area contributed by atoms with Gasteiger partial charge in [-0.1, -0.05) is 54.9 Å². The highest BCUT2D eigenvalue weighted by molar-refractivity contribution is 7.09. The number of hydrogen-bond donors (Lipinski definition) is 0. The van der Waals surface area contributed by atoms with E-state index >= 15 is 0 Å². The fourth-order valence-electron chi connectivity index (χ4n) is 2.59. The van der Waals surface area contributed by atoms with Gasteiger partial charge in [0.2, 0.25) is 0 Å². The number of aromatic nitrogens is 2. The van der Waals surface area contributed by atoms with Crippen LogP contribution < -0.4 is 0 Å². The maximum Gasteiger partial charge on any atom is 0.133 e. The number of halogens is 1. The Hall–Kier alpha value is -2.10. The molecule has 4 heteroatoms. The van der Waals surface area contributed by atoms with E-state index in [4.69, 9.17) is 11.6 Å². The van der Waals surface area contributed by atoms with Gasteiger partial charge >= 0.3 is 0 Å². The van der Waals surface area contributed by atoms with Crippen LogP contribution >= 0.6 is 22.9 Å². The van der Waals surface area contributed by atoms with Gasteiger partial charge in [-0.05, 0) is 41.6 Å². The van der Waals surface area contributed by atoms with Crippen molar-refractivity contribution >= 4 is 35.1 Å². The van der Waals surface area contributed by atoms with Gasteiger partial charge in [-0.25, -0.2) is 4.98 Å². The predicted molar refractivity (Wildman–Crippen MR) is 109 cm³/mol. The second kappa shape index (κ2) is 8.84. The standard InChI is InChI=1S/C21H21ClN2S/c1-2-3-13-21-23-15-18(9-6-10-19-11-7-14-25-19)24(21)16-17-8-4-5-12-20(17)22/h3-9,11-15H,2,10,16H2,1H3/b9-6+,13-3?. The van der Waals surface area contributed by atoms with Crippen LogP contribution in [0.5, 0.6) is 0 Å². The van der Waals surface area contributed by atoms with Crippen molar-refractivity contribution in [3.05, 3.63) is 87.1 Å². The topological polar surface area (TPSA) is 17.8 Å². The molecule has 0 bridgehead atoms. The summed E-state index contributed by atoms with van der Waals surface area (Å²) in [6, 6.07) is 12.2. The molecule has 128 valence electrons. The Kier molecular flexibility index (Phi) is 6.26.